The lowest BCUT2D eigenvalue weighted by Crippen LogP contribution is -2.61. The molecule has 2 fully saturated rings. The summed E-state index contributed by atoms with van der Waals surface area (Å²) >= 11 is 1.58. The van der Waals surface area contributed by atoms with Crippen LogP contribution in [0.15, 0.2) is 60.1 Å². The van der Waals surface area contributed by atoms with Crippen molar-refractivity contribution < 1.29 is 24.6 Å². The maximum Gasteiger partial charge on any atom is 0.246 e. The monoisotopic (exact) mass is 769 g/mol. The molecular formula is C40H51N9O5S. The molecule has 2 aromatic heterocycles. The van der Waals surface area contributed by atoms with Gasteiger partial charge in [0.05, 0.1) is 45.7 Å². The van der Waals surface area contributed by atoms with Crippen molar-refractivity contribution in [3.63, 3.8) is 0 Å². The van der Waals surface area contributed by atoms with Gasteiger partial charge in [-0.3, -0.25) is 19.3 Å². The van der Waals surface area contributed by atoms with Crippen LogP contribution in [0.1, 0.15) is 58.3 Å². The van der Waals surface area contributed by atoms with Gasteiger partial charge in [0.25, 0.3) is 0 Å². The van der Waals surface area contributed by atoms with Crippen LogP contribution in [0.4, 0.5) is 11.5 Å². The number of likely N-dealkylation sites (tertiary alicyclic amines) is 1. The number of aromatic hydroxyl groups is 1. The Bertz CT molecular complexity index is 2010. The van der Waals surface area contributed by atoms with Gasteiger partial charge in [0.15, 0.2) is 5.82 Å². The summed E-state index contributed by atoms with van der Waals surface area (Å²) in [6.07, 6.45) is -0.771. The standard InChI is InChI=1S/C40H51N9O5S/c1-23(26-11-13-27(14-12-26)34-24(2)42-22-55-34)43-38(53)32-19-28(50)21-49(32)39(54)35(40(4,5)6)44-37(52)25(3)47-15-17-48(18-16-47)31-20-30(45-46-36(31)41)29-9-7-8-10-33(29)51/h7-14,20,22-23,25,28,32,35,50-51H,15-19,21H2,1-6H3,(H2,41,46)(H,43,53)(H,44,52)/t23-,25?,28+,32-,35?/m0/s1. The van der Waals surface area contributed by atoms with Crippen molar-refractivity contribution in [1.29, 1.82) is 0 Å². The fourth-order valence-electron chi connectivity index (χ4n) is 7.26. The fraction of sp³-hybridized carbons (Fsp3) is 0.450. The van der Waals surface area contributed by atoms with Crippen molar-refractivity contribution in [3.8, 4) is 27.4 Å². The lowest BCUT2D eigenvalue weighted by molar-refractivity contribution is -0.144. The van der Waals surface area contributed by atoms with Crippen LogP contribution in [0.25, 0.3) is 21.7 Å². The molecule has 55 heavy (non-hydrogen) atoms. The van der Waals surface area contributed by atoms with E-state index in [1.165, 1.54) is 4.90 Å². The summed E-state index contributed by atoms with van der Waals surface area (Å²) in [5, 5.41) is 35.4. The molecule has 0 saturated carbocycles. The smallest absolute Gasteiger partial charge is 0.246 e. The Morgan fingerprint density at radius 2 is 1.67 bits per heavy atom. The summed E-state index contributed by atoms with van der Waals surface area (Å²) in [5.41, 5.74) is 12.0. The van der Waals surface area contributed by atoms with Gasteiger partial charge in [0.1, 0.15) is 17.8 Å². The summed E-state index contributed by atoms with van der Waals surface area (Å²) in [7, 11) is 0. The summed E-state index contributed by atoms with van der Waals surface area (Å²) in [4.78, 5) is 52.8. The van der Waals surface area contributed by atoms with Crippen LogP contribution in [0.5, 0.6) is 5.75 Å². The minimum atomic E-state index is -0.944. The van der Waals surface area contributed by atoms with Gasteiger partial charge in [-0.2, -0.15) is 0 Å². The number of piperazine rings is 1. The number of carbonyl (C=O) groups excluding carboxylic acids is 3. The molecule has 2 saturated heterocycles. The topological polar surface area (TPSA) is 190 Å². The average molecular weight is 770 g/mol. The van der Waals surface area contributed by atoms with Crippen LogP contribution in [-0.4, -0.2) is 110 Å². The van der Waals surface area contributed by atoms with Gasteiger partial charge in [0, 0.05) is 44.7 Å². The van der Waals surface area contributed by atoms with E-state index in [1.54, 1.807) is 29.5 Å². The van der Waals surface area contributed by atoms with Crippen molar-refractivity contribution >= 4 is 40.6 Å². The zero-order valence-corrected chi connectivity index (χ0v) is 33.0. The Kier molecular flexibility index (Phi) is 11.7. The number of thiazole rings is 1. The quantitative estimate of drug-likeness (QED) is 0.158. The summed E-state index contributed by atoms with van der Waals surface area (Å²) in [6, 6.07) is 13.9. The Morgan fingerprint density at radius 3 is 2.31 bits per heavy atom. The molecule has 2 unspecified atom stereocenters. The minimum Gasteiger partial charge on any atom is -0.507 e. The second-order valence-electron chi connectivity index (χ2n) is 15.5. The normalized spacial score (nSPS) is 19.5. The van der Waals surface area contributed by atoms with Gasteiger partial charge in [-0.1, -0.05) is 57.2 Å². The number of aliphatic hydroxyl groups is 1. The van der Waals surface area contributed by atoms with Crippen molar-refractivity contribution in [2.24, 2.45) is 5.41 Å². The van der Waals surface area contributed by atoms with Gasteiger partial charge in [-0.05, 0) is 55.5 Å². The lowest BCUT2D eigenvalue weighted by atomic mass is 9.85. The molecule has 0 bridgehead atoms. The second kappa shape index (κ2) is 16.3. The number of nitrogens with zero attached hydrogens (tertiary/aromatic N) is 6. The molecule has 4 heterocycles. The molecule has 14 nitrogen and oxygen atoms in total. The number of nitrogen functional groups attached to an aromatic ring is 1. The molecule has 0 spiro atoms. The Morgan fingerprint density at radius 1 is 0.982 bits per heavy atom. The first-order chi connectivity index (χ1) is 26.1. The summed E-state index contributed by atoms with van der Waals surface area (Å²) in [6.45, 7) is 13.5. The number of aryl methyl sites for hydroxylation is 1. The van der Waals surface area contributed by atoms with Gasteiger partial charge in [-0.25, -0.2) is 4.98 Å². The molecule has 0 aliphatic carbocycles. The van der Waals surface area contributed by atoms with Crippen LogP contribution in [-0.2, 0) is 14.4 Å². The molecule has 6 N–H and O–H groups in total. The van der Waals surface area contributed by atoms with E-state index in [0.29, 0.717) is 43.1 Å². The molecule has 0 radical (unpaired) electrons. The highest BCUT2D eigenvalue weighted by Gasteiger charge is 2.45. The minimum absolute atomic E-state index is 0.00718. The number of phenols is 1. The van der Waals surface area contributed by atoms with E-state index >= 15 is 0 Å². The van der Waals surface area contributed by atoms with Crippen molar-refractivity contribution in [1.82, 2.24) is 35.6 Å². The first-order valence-electron chi connectivity index (χ1n) is 18.6. The number of aliphatic hydroxyl groups excluding tert-OH is 1. The van der Waals surface area contributed by atoms with Crippen molar-refractivity contribution in [2.45, 2.75) is 78.2 Å². The van der Waals surface area contributed by atoms with E-state index in [0.717, 1.165) is 21.7 Å². The molecule has 292 valence electrons. The zero-order chi connectivity index (χ0) is 39.6. The van der Waals surface area contributed by atoms with Crippen LogP contribution < -0.4 is 21.3 Å². The average Bonchev–Trinajstić information content (AvgIpc) is 3.78. The van der Waals surface area contributed by atoms with Gasteiger partial charge in [-0.15, -0.1) is 21.5 Å². The summed E-state index contributed by atoms with van der Waals surface area (Å²) < 4.78 is 0. The SMILES string of the molecule is Cc1ncsc1-c1ccc([C@H](C)NC(=O)[C@@H]2C[C@@H](O)CN2C(=O)C(NC(=O)C(C)N2CCN(c3cc(-c4ccccc4O)nnc3N)CC2)C(C)(C)C)cc1. The highest BCUT2D eigenvalue weighted by molar-refractivity contribution is 7.13. The Balaban J connectivity index is 1.08. The number of anilines is 2. The predicted octanol–water partition coefficient (Wildman–Crippen LogP) is 3.74. The van der Waals surface area contributed by atoms with Crippen molar-refractivity contribution in [3.05, 3.63) is 71.4 Å². The van der Waals surface area contributed by atoms with E-state index in [-0.39, 0.29) is 42.4 Å². The number of aromatic nitrogens is 3. The molecule has 2 aliphatic heterocycles. The number of phenolic OH excluding ortho intramolecular Hbond substituents is 1. The zero-order valence-electron chi connectivity index (χ0n) is 32.2. The molecule has 3 amide bonds. The number of carbonyl (C=O) groups is 3. The van der Waals surface area contributed by atoms with Gasteiger partial charge in [0.2, 0.25) is 17.7 Å². The van der Waals surface area contributed by atoms with Crippen molar-refractivity contribution in [2.75, 3.05) is 43.4 Å². The molecule has 5 atom stereocenters. The molecule has 4 aromatic rings. The third-order valence-electron chi connectivity index (χ3n) is 10.6. The Hall–Kier alpha value is -5.12. The second-order valence-corrected chi connectivity index (χ2v) is 16.4. The van der Waals surface area contributed by atoms with Crippen LogP contribution in [0, 0.1) is 12.3 Å². The highest BCUT2D eigenvalue weighted by Crippen LogP contribution is 2.33. The van der Waals surface area contributed by atoms with Crippen LogP contribution >= 0.6 is 11.3 Å². The number of hydrogen-bond acceptors (Lipinski definition) is 12. The van der Waals surface area contributed by atoms with E-state index in [2.05, 4.69) is 30.7 Å². The first-order valence-corrected chi connectivity index (χ1v) is 19.5. The number of hydrogen-bond donors (Lipinski definition) is 5. The van der Waals surface area contributed by atoms with E-state index in [9.17, 15) is 24.6 Å². The van der Waals surface area contributed by atoms with Crippen LogP contribution in [0.2, 0.25) is 0 Å². The van der Waals surface area contributed by atoms with Gasteiger partial charge < -0.3 is 36.4 Å². The number of β-amino-alcohol motifs (C(OH)–C–C–N with tert-alkyl or cyclic N) is 1. The number of nitrogens with two attached hydrogens (primary N) is 1. The highest BCUT2D eigenvalue weighted by atomic mass is 32.1. The van der Waals surface area contributed by atoms with Gasteiger partial charge >= 0.3 is 0 Å². The van der Waals surface area contributed by atoms with E-state index in [1.807, 2.05) is 88.4 Å². The van der Waals surface area contributed by atoms with Crippen LogP contribution in [0.3, 0.4) is 0 Å². The third kappa shape index (κ3) is 8.74. The maximum absolute atomic E-state index is 14.3. The largest absolute Gasteiger partial charge is 0.507 e. The Labute approximate surface area is 325 Å². The lowest BCUT2D eigenvalue weighted by Gasteiger charge is -2.40. The predicted molar refractivity (Wildman–Crippen MR) is 213 cm³/mol. The number of benzene rings is 2. The first kappa shape index (κ1) is 39.6. The maximum atomic E-state index is 14.3. The molecule has 2 aromatic carbocycles. The number of para-hydroxylation sites is 1. The third-order valence-corrected chi connectivity index (χ3v) is 11.6. The molecule has 15 heteroatoms. The number of rotatable bonds is 10. The fourth-order valence-corrected chi connectivity index (χ4v) is 8.07. The number of amides is 3. The summed E-state index contributed by atoms with van der Waals surface area (Å²) in [5.74, 6) is -0.705. The molecular weight excluding hydrogens is 719 g/mol. The molecule has 2 aliphatic rings. The molecule has 6 rings (SSSR count). The van der Waals surface area contributed by atoms with E-state index < -0.39 is 35.6 Å². The number of nitrogens with one attached hydrogen (secondary N) is 2. The van der Waals surface area contributed by atoms with E-state index in [4.69, 9.17) is 5.73 Å².